The molecule has 1 heterocycles. The molecule has 79 valence electrons. The standard InChI is InChI=1S/C16H9S/c1-2-6-12-11(5-1)9-10-15-16(12)13-7-3-4-8-14(13)17-15/h1-8,10H. The molecule has 4 aromatic rings. The molecule has 0 amide bonds. The minimum absolute atomic E-state index is 1.20. The Morgan fingerprint density at radius 3 is 2.47 bits per heavy atom. The van der Waals surface area contributed by atoms with E-state index >= 15 is 0 Å². The summed E-state index contributed by atoms with van der Waals surface area (Å²) in [7, 11) is 0. The van der Waals surface area contributed by atoms with Crippen molar-refractivity contribution >= 4 is 42.3 Å². The quantitative estimate of drug-likeness (QED) is 0.400. The van der Waals surface area contributed by atoms with Gasteiger partial charge in [-0.1, -0.05) is 42.5 Å². The Morgan fingerprint density at radius 1 is 0.765 bits per heavy atom. The fourth-order valence-electron chi connectivity index (χ4n) is 2.41. The Hall–Kier alpha value is -1.86. The summed E-state index contributed by atoms with van der Waals surface area (Å²) in [5, 5.41) is 5.24. The predicted octanol–water partition coefficient (Wildman–Crippen LogP) is 5.01. The molecule has 0 N–H and O–H groups in total. The molecular weight excluding hydrogens is 224 g/mol. The van der Waals surface area contributed by atoms with Gasteiger partial charge in [0.2, 0.25) is 0 Å². The number of benzene rings is 3. The lowest BCUT2D eigenvalue weighted by Gasteiger charge is -1.99. The van der Waals surface area contributed by atoms with Crippen molar-refractivity contribution in [3.63, 3.8) is 0 Å². The average molecular weight is 233 g/mol. The fraction of sp³-hybridized carbons (Fsp3) is 0. The van der Waals surface area contributed by atoms with Gasteiger partial charge in [-0.3, -0.25) is 0 Å². The van der Waals surface area contributed by atoms with E-state index in [1.165, 1.54) is 30.9 Å². The van der Waals surface area contributed by atoms with E-state index in [4.69, 9.17) is 0 Å². The van der Waals surface area contributed by atoms with Crippen molar-refractivity contribution in [1.82, 2.24) is 0 Å². The Bertz CT molecular complexity index is 834. The number of fused-ring (bicyclic) bond motifs is 5. The molecule has 0 bridgehead atoms. The first-order valence-corrected chi connectivity index (χ1v) is 6.46. The second-order valence-corrected chi connectivity index (χ2v) is 5.26. The van der Waals surface area contributed by atoms with Gasteiger partial charge in [0, 0.05) is 20.2 Å². The molecule has 0 atom stereocenters. The largest absolute Gasteiger partial charge is 0.135 e. The molecule has 1 aromatic heterocycles. The van der Waals surface area contributed by atoms with Crippen LogP contribution < -0.4 is 0 Å². The minimum Gasteiger partial charge on any atom is -0.135 e. The van der Waals surface area contributed by atoms with Crippen LogP contribution in [0.5, 0.6) is 0 Å². The second kappa shape index (κ2) is 3.31. The van der Waals surface area contributed by atoms with Gasteiger partial charge in [0.15, 0.2) is 0 Å². The van der Waals surface area contributed by atoms with Crippen molar-refractivity contribution in [2.45, 2.75) is 0 Å². The second-order valence-electron chi connectivity index (χ2n) is 4.17. The van der Waals surface area contributed by atoms with Gasteiger partial charge in [-0.25, -0.2) is 0 Å². The summed E-state index contributed by atoms with van der Waals surface area (Å²) in [6.45, 7) is 0. The normalized spacial score (nSPS) is 11.5. The number of rotatable bonds is 0. The molecule has 0 aliphatic carbocycles. The highest BCUT2D eigenvalue weighted by atomic mass is 32.1. The minimum atomic E-state index is 1.20. The maximum Gasteiger partial charge on any atom is 0.0368 e. The molecule has 0 aliphatic rings. The first kappa shape index (κ1) is 9.20. The molecule has 4 rings (SSSR count). The molecule has 1 heteroatoms. The van der Waals surface area contributed by atoms with Crippen molar-refractivity contribution in [2.75, 3.05) is 0 Å². The van der Waals surface area contributed by atoms with Crippen LogP contribution >= 0.6 is 11.3 Å². The summed E-state index contributed by atoms with van der Waals surface area (Å²) in [6.07, 6.45) is 0. The lowest BCUT2D eigenvalue weighted by Crippen LogP contribution is -1.73. The molecule has 3 aromatic carbocycles. The molecule has 1 radical (unpaired) electrons. The van der Waals surface area contributed by atoms with Gasteiger partial charge in [-0.15, -0.1) is 11.3 Å². The van der Waals surface area contributed by atoms with Gasteiger partial charge in [0.05, 0.1) is 0 Å². The van der Waals surface area contributed by atoms with Crippen LogP contribution in [0.3, 0.4) is 0 Å². The Labute approximate surface area is 103 Å². The summed E-state index contributed by atoms with van der Waals surface area (Å²) in [5.41, 5.74) is 0. The van der Waals surface area contributed by atoms with Crippen molar-refractivity contribution in [3.05, 3.63) is 60.7 Å². The zero-order chi connectivity index (χ0) is 11.2. The van der Waals surface area contributed by atoms with Gasteiger partial charge >= 0.3 is 0 Å². The highest BCUT2D eigenvalue weighted by Gasteiger charge is 2.07. The number of hydrogen-bond donors (Lipinski definition) is 0. The Kier molecular flexibility index (Phi) is 1.79. The van der Waals surface area contributed by atoms with Crippen LogP contribution in [-0.2, 0) is 0 Å². The summed E-state index contributed by atoms with van der Waals surface area (Å²) >= 11 is 1.85. The highest BCUT2D eigenvalue weighted by Crippen LogP contribution is 2.37. The van der Waals surface area contributed by atoms with Gasteiger partial charge < -0.3 is 0 Å². The van der Waals surface area contributed by atoms with Gasteiger partial charge in [0.25, 0.3) is 0 Å². The first-order chi connectivity index (χ1) is 8.43. The molecule has 0 fully saturated rings. The van der Waals surface area contributed by atoms with Crippen LogP contribution in [-0.4, -0.2) is 0 Å². The smallest absolute Gasteiger partial charge is 0.0368 e. The van der Waals surface area contributed by atoms with E-state index in [1.807, 2.05) is 11.3 Å². The topological polar surface area (TPSA) is 0 Å². The SMILES string of the molecule is [c]1cc2sc3ccccc3c2c2ccccc12. The van der Waals surface area contributed by atoms with Gasteiger partial charge in [0.1, 0.15) is 0 Å². The van der Waals surface area contributed by atoms with E-state index in [-0.39, 0.29) is 0 Å². The van der Waals surface area contributed by atoms with Crippen LogP contribution in [0.2, 0.25) is 0 Å². The zero-order valence-electron chi connectivity index (χ0n) is 9.10. The third kappa shape index (κ3) is 1.23. The average Bonchev–Trinajstić information content (AvgIpc) is 2.77. The monoisotopic (exact) mass is 233 g/mol. The third-order valence-corrected chi connectivity index (χ3v) is 4.30. The molecule has 17 heavy (non-hydrogen) atoms. The maximum atomic E-state index is 3.37. The van der Waals surface area contributed by atoms with Crippen LogP contribution in [0.15, 0.2) is 54.6 Å². The zero-order valence-corrected chi connectivity index (χ0v) is 9.92. The Morgan fingerprint density at radius 2 is 1.53 bits per heavy atom. The maximum absolute atomic E-state index is 3.37. The van der Waals surface area contributed by atoms with E-state index < -0.39 is 0 Å². The highest BCUT2D eigenvalue weighted by molar-refractivity contribution is 7.26. The first-order valence-electron chi connectivity index (χ1n) is 5.64. The predicted molar refractivity (Wildman–Crippen MR) is 75.7 cm³/mol. The van der Waals surface area contributed by atoms with Crippen molar-refractivity contribution in [1.29, 1.82) is 0 Å². The summed E-state index contributed by atoms with van der Waals surface area (Å²) < 4.78 is 2.68. The molecular formula is C16H9S. The van der Waals surface area contributed by atoms with Gasteiger partial charge in [-0.2, -0.15) is 0 Å². The van der Waals surface area contributed by atoms with E-state index in [0.29, 0.717) is 0 Å². The van der Waals surface area contributed by atoms with E-state index in [2.05, 4.69) is 60.7 Å². The van der Waals surface area contributed by atoms with Crippen LogP contribution in [0.1, 0.15) is 0 Å². The molecule has 0 nitrogen and oxygen atoms in total. The van der Waals surface area contributed by atoms with Crippen molar-refractivity contribution in [3.8, 4) is 0 Å². The van der Waals surface area contributed by atoms with Crippen LogP contribution in [0, 0.1) is 6.07 Å². The molecule has 0 aliphatic heterocycles. The van der Waals surface area contributed by atoms with Crippen LogP contribution in [0.25, 0.3) is 30.9 Å². The lowest BCUT2D eigenvalue weighted by molar-refractivity contribution is 1.81. The molecule has 0 spiro atoms. The van der Waals surface area contributed by atoms with E-state index in [9.17, 15) is 0 Å². The van der Waals surface area contributed by atoms with Crippen LogP contribution in [0.4, 0.5) is 0 Å². The molecule has 0 saturated heterocycles. The van der Waals surface area contributed by atoms with E-state index in [1.54, 1.807) is 0 Å². The fourth-order valence-corrected chi connectivity index (χ4v) is 3.52. The summed E-state index contributed by atoms with van der Waals surface area (Å²) in [4.78, 5) is 0. The lowest BCUT2D eigenvalue weighted by atomic mass is 10.0. The molecule has 0 saturated carbocycles. The number of thiophene rings is 1. The Balaban J connectivity index is 2.38. The number of hydrogen-bond acceptors (Lipinski definition) is 1. The van der Waals surface area contributed by atoms with Crippen molar-refractivity contribution in [2.24, 2.45) is 0 Å². The third-order valence-electron chi connectivity index (χ3n) is 3.18. The summed E-state index contributed by atoms with van der Waals surface area (Å²) in [5.74, 6) is 0. The van der Waals surface area contributed by atoms with E-state index in [0.717, 1.165) is 0 Å². The van der Waals surface area contributed by atoms with Gasteiger partial charge in [-0.05, 0) is 29.0 Å². The summed E-state index contributed by atoms with van der Waals surface area (Å²) in [6, 6.07) is 22.6. The van der Waals surface area contributed by atoms with Crippen molar-refractivity contribution < 1.29 is 0 Å². The molecule has 0 unspecified atom stereocenters.